The normalized spacial score (nSPS) is 16.4. The topological polar surface area (TPSA) is 82.1 Å². The molecule has 3 rings (SSSR count). The third-order valence-electron chi connectivity index (χ3n) is 4.90. The maximum absolute atomic E-state index is 11.3. The lowest BCUT2D eigenvalue weighted by Gasteiger charge is -2.37. The van der Waals surface area contributed by atoms with Crippen LogP contribution in [0.25, 0.3) is 0 Å². The average molecular weight is 420 g/mol. The molecule has 7 nitrogen and oxygen atoms in total. The number of para-hydroxylation sites is 1. The minimum absolute atomic E-state index is 0.278. The Bertz CT molecular complexity index is 894. The van der Waals surface area contributed by atoms with Gasteiger partial charge < -0.3 is 14.7 Å². The second kappa shape index (κ2) is 9.47. The predicted octanol–water partition coefficient (Wildman–Crippen LogP) is 1.93. The minimum atomic E-state index is -3.26. The predicted molar refractivity (Wildman–Crippen MR) is 116 cm³/mol. The van der Waals surface area contributed by atoms with E-state index in [0.29, 0.717) is 12.2 Å². The number of aliphatic hydroxyl groups excluding tert-OH is 1. The zero-order valence-electron chi connectivity index (χ0n) is 16.9. The Balaban J connectivity index is 1.43. The fraction of sp³-hybridized carbons (Fsp3) is 0.429. The van der Waals surface area contributed by atoms with Gasteiger partial charge in [0.15, 0.2) is 0 Å². The maximum Gasteiger partial charge on any atom is 0.229 e. The van der Waals surface area contributed by atoms with Crippen molar-refractivity contribution in [1.29, 1.82) is 0 Å². The number of nitrogens with one attached hydrogen (secondary N) is 1. The number of aryl methyl sites for hydroxylation is 1. The summed E-state index contributed by atoms with van der Waals surface area (Å²) in [7, 11) is -3.26. The van der Waals surface area contributed by atoms with Gasteiger partial charge in [-0.2, -0.15) is 0 Å². The Morgan fingerprint density at radius 3 is 2.34 bits per heavy atom. The van der Waals surface area contributed by atoms with Crippen molar-refractivity contribution < 1.29 is 18.3 Å². The summed E-state index contributed by atoms with van der Waals surface area (Å²) in [5.74, 6) is 0.810. The van der Waals surface area contributed by atoms with Gasteiger partial charge >= 0.3 is 0 Å². The molecule has 8 heteroatoms. The first-order chi connectivity index (χ1) is 13.8. The summed E-state index contributed by atoms with van der Waals surface area (Å²) in [6.07, 6.45) is 0.600. The lowest BCUT2D eigenvalue weighted by molar-refractivity contribution is 0.0661. The third kappa shape index (κ3) is 6.62. The summed E-state index contributed by atoms with van der Waals surface area (Å²) >= 11 is 0. The molecule has 1 fully saturated rings. The Hall–Kier alpha value is -2.29. The number of β-amino-alcohol motifs (C(OH)–C–C–N with tert-alkyl or cyclic N) is 1. The summed E-state index contributed by atoms with van der Waals surface area (Å²) in [4.78, 5) is 4.50. The van der Waals surface area contributed by atoms with Crippen LogP contribution in [0.5, 0.6) is 5.75 Å². The van der Waals surface area contributed by atoms with Gasteiger partial charge in [-0.1, -0.05) is 18.2 Å². The summed E-state index contributed by atoms with van der Waals surface area (Å²) in [6.45, 7) is 6.26. The van der Waals surface area contributed by atoms with E-state index in [0.717, 1.165) is 49.4 Å². The van der Waals surface area contributed by atoms with Crippen molar-refractivity contribution >= 4 is 21.4 Å². The van der Waals surface area contributed by atoms with Crippen molar-refractivity contribution in [2.75, 3.05) is 55.2 Å². The minimum Gasteiger partial charge on any atom is -0.491 e. The maximum atomic E-state index is 11.3. The number of sulfonamides is 1. The Labute approximate surface area is 173 Å². The molecule has 0 aromatic heterocycles. The molecule has 1 atom stereocenters. The van der Waals surface area contributed by atoms with Crippen LogP contribution in [0.1, 0.15) is 5.56 Å². The molecular formula is C21H29N3O4S. The highest BCUT2D eigenvalue weighted by atomic mass is 32.2. The van der Waals surface area contributed by atoms with E-state index in [1.54, 1.807) is 12.1 Å². The lowest BCUT2D eigenvalue weighted by Crippen LogP contribution is -2.49. The van der Waals surface area contributed by atoms with Gasteiger partial charge in [-0.3, -0.25) is 9.62 Å². The van der Waals surface area contributed by atoms with E-state index >= 15 is 0 Å². The molecule has 0 radical (unpaired) electrons. The summed E-state index contributed by atoms with van der Waals surface area (Å²) in [5, 5.41) is 10.3. The molecular weight excluding hydrogens is 390 g/mol. The average Bonchev–Trinajstić information content (AvgIpc) is 2.67. The van der Waals surface area contributed by atoms with Gasteiger partial charge in [0.2, 0.25) is 10.0 Å². The number of hydrogen-bond acceptors (Lipinski definition) is 6. The first kappa shape index (κ1) is 21.4. The highest BCUT2D eigenvalue weighted by molar-refractivity contribution is 7.92. The Kier molecular flexibility index (Phi) is 7.00. The smallest absolute Gasteiger partial charge is 0.229 e. The molecule has 2 N–H and O–H groups in total. The second-order valence-corrected chi connectivity index (χ2v) is 9.19. The van der Waals surface area contributed by atoms with Crippen molar-refractivity contribution in [3.8, 4) is 5.75 Å². The molecule has 158 valence electrons. The molecule has 1 aliphatic rings. The number of benzene rings is 2. The number of aliphatic hydroxyl groups is 1. The quantitative estimate of drug-likeness (QED) is 0.680. The molecule has 0 aliphatic carbocycles. The molecule has 0 unspecified atom stereocenters. The van der Waals surface area contributed by atoms with Gasteiger partial charge in [-0.25, -0.2) is 8.42 Å². The van der Waals surface area contributed by atoms with Crippen LogP contribution in [0.4, 0.5) is 11.4 Å². The van der Waals surface area contributed by atoms with Crippen molar-refractivity contribution in [1.82, 2.24) is 4.90 Å². The van der Waals surface area contributed by atoms with Crippen LogP contribution in [0, 0.1) is 6.92 Å². The Morgan fingerprint density at radius 2 is 1.72 bits per heavy atom. The molecule has 1 saturated heterocycles. The van der Waals surface area contributed by atoms with Crippen molar-refractivity contribution in [2.45, 2.75) is 13.0 Å². The van der Waals surface area contributed by atoms with Gasteiger partial charge in [0.05, 0.1) is 6.26 Å². The van der Waals surface area contributed by atoms with E-state index in [1.165, 1.54) is 0 Å². The number of nitrogens with zero attached hydrogens (tertiary/aromatic N) is 2. The van der Waals surface area contributed by atoms with Crippen LogP contribution in [0.3, 0.4) is 0 Å². The van der Waals surface area contributed by atoms with Crippen LogP contribution in [0.15, 0.2) is 48.5 Å². The van der Waals surface area contributed by atoms with E-state index < -0.39 is 16.1 Å². The number of piperazine rings is 1. The summed E-state index contributed by atoms with van der Waals surface area (Å²) in [6, 6.07) is 15.2. The van der Waals surface area contributed by atoms with Crippen LogP contribution >= 0.6 is 0 Å². The van der Waals surface area contributed by atoms with Gasteiger partial charge in [-0.05, 0) is 42.8 Å². The van der Waals surface area contributed by atoms with Crippen molar-refractivity contribution in [2.24, 2.45) is 0 Å². The molecule has 0 saturated carbocycles. The van der Waals surface area contributed by atoms with Crippen LogP contribution in [-0.4, -0.2) is 70.1 Å². The monoisotopic (exact) mass is 419 g/mol. The molecule has 2 aromatic rings. The van der Waals surface area contributed by atoms with Crippen molar-refractivity contribution in [3.63, 3.8) is 0 Å². The van der Waals surface area contributed by atoms with Gasteiger partial charge in [-0.15, -0.1) is 0 Å². The van der Waals surface area contributed by atoms with Gasteiger partial charge in [0.25, 0.3) is 0 Å². The van der Waals surface area contributed by atoms with Gasteiger partial charge in [0, 0.05) is 44.1 Å². The highest BCUT2D eigenvalue weighted by Crippen LogP contribution is 2.20. The van der Waals surface area contributed by atoms with Crippen molar-refractivity contribution in [3.05, 3.63) is 54.1 Å². The molecule has 1 heterocycles. The zero-order valence-corrected chi connectivity index (χ0v) is 17.7. The number of hydrogen-bond donors (Lipinski definition) is 2. The molecule has 0 amide bonds. The largest absolute Gasteiger partial charge is 0.491 e. The lowest BCUT2D eigenvalue weighted by atomic mass is 10.2. The standard InChI is InChI=1S/C21H29N3O4S/c1-17-5-3-4-6-21(17)28-16-20(25)15-23-11-13-24(14-12-23)19-9-7-18(8-10-19)22-29(2,26)27/h3-10,20,22,25H,11-16H2,1-2H3/t20-/m0/s1. The second-order valence-electron chi connectivity index (χ2n) is 7.44. The third-order valence-corrected chi connectivity index (χ3v) is 5.51. The van der Waals surface area contributed by atoms with Gasteiger partial charge in [0.1, 0.15) is 18.5 Å². The number of ether oxygens (including phenoxy) is 1. The fourth-order valence-electron chi connectivity index (χ4n) is 3.40. The van der Waals surface area contributed by atoms with Crippen LogP contribution in [-0.2, 0) is 10.0 Å². The van der Waals surface area contributed by atoms with Crippen LogP contribution < -0.4 is 14.4 Å². The molecule has 0 spiro atoms. The Morgan fingerprint density at radius 1 is 1.07 bits per heavy atom. The summed E-state index contributed by atoms with van der Waals surface area (Å²) < 4.78 is 30.8. The van der Waals surface area contributed by atoms with Crippen LogP contribution in [0.2, 0.25) is 0 Å². The zero-order chi connectivity index (χ0) is 20.9. The molecule has 2 aromatic carbocycles. The molecule has 1 aliphatic heterocycles. The fourth-order valence-corrected chi connectivity index (χ4v) is 3.96. The van der Waals surface area contributed by atoms with E-state index in [2.05, 4.69) is 14.5 Å². The highest BCUT2D eigenvalue weighted by Gasteiger charge is 2.20. The van der Waals surface area contributed by atoms with E-state index in [1.807, 2.05) is 43.3 Å². The number of anilines is 2. The SMILES string of the molecule is Cc1ccccc1OC[C@@H](O)CN1CCN(c2ccc(NS(C)(=O)=O)cc2)CC1. The van der Waals surface area contributed by atoms with E-state index in [-0.39, 0.29) is 6.61 Å². The van der Waals surface area contributed by atoms with E-state index in [4.69, 9.17) is 4.74 Å². The van der Waals surface area contributed by atoms with E-state index in [9.17, 15) is 13.5 Å². The first-order valence-corrected chi connectivity index (χ1v) is 11.6. The molecule has 29 heavy (non-hydrogen) atoms. The number of rotatable bonds is 8. The summed E-state index contributed by atoms with van der Waals surface area (Å²) in [5.41, 5.74) is 2.69. The first-order valence-electron chi connectivity index (χ1n) is 9.72. The molecule has 0 bridgehead atoms.